The second-order valence-electron chi connectivity index (χ2n) is 15.3. The van der Waals surface area contributed by atoms with E-state index in [9.17, 15) is 4.79 Å². The third-order valence-electron chi connectivity index (χ3n) is 12.9. The van der Waals surface area contributed by atoms with E-state index in [1.165, 1.54) is 38.5 Å². The number of ketones is 1. The number of carbonyl (C=O) groups is 1. The minimum atomic E-state index is 0.0948. The second kappa shape index (κ2) is 6.98. The van der Waals surface area contributed by atoms with Crippen molar-refractivity contribution in [3.05, 3.63) is 11.6 Å². The van der Waals surface area contributed by atoms with Gasteiger partial charge < -0.3 is 4.74 Å². The van der Waals surface area contributed by atoms with E-state index in [2.05, 4.69) is 61.5 Å². The van der Waals surface area contributed by atoms with Crippen LogP contribution in [-0.2, 0) is 9.53 Å². The molecule has 33 heavy (non-hydrogen) atoms. The van der Waals surface area contributed by atoms with Crippen LogP contribution >= 0.6 is 0 Å². The summed E-state index contributed by atoms with van der Waals surface area (Å²) < 4.78 is 5.99. The summed E-state index contributed by atoms with van der Waals surface area (Å²) in [5.41, 5.74) is 2.78. The monoisotopic (exact) mass is 454 g/mol. The van der Waals surface area contributed by atoms with Gasteiger partial charge in [0.1, 0.15) is 5.78 Å². The van der Waals surface area contributed by atoms with Crippen LogP contribution in [0.1, 0.15) is 113 Å². The van der Waals surface area contributed by atoms with Crippen molar-refractivity contribution in [3.8, 4) is 0 Å². The molecule has 0 radical (unpaired) electrons. The Morgan fingerprint density at radius 3 is 2.15 bits per heavy atom. The van der Waals surface area contributed by atoms with Gasteiger partial charge in [-0.3, -0.25) is 4.79 Å². The van der Waals surface area contributed by atoms with Gasteiger partial charge in [0, 0.05) is 19.4 Å². The molecule has 0 aliphatic heterocycles. The Bertz CT molecular complexity index is 881. The molecular formula is C31H50O2. The predicted molar refractivity (Wildman–Crippen MR) is 136 cm³/mol. The normalized spacial score (nSPS) is 52.6. The van der Waals surface area contributed by atoms with Crippen LogP contribution < -0.4 is 0 Å². The lowest BCUT2D eigenvalue weighted by Gasteiger charge is -2.71. The number of rotatable bonds is 1. The molecule has 0 aromatic rings. The van der Waals surface area contributed by atoms with Gasteiger partial charge in [0.2, 0.25) is 0 Å². The van der Waals surface area contributed by atoms with Crippen molar-refractivity contribution >= 4 is 5.78 Å². The molecule has 0 saturated heterocycles. The van der Waals surface area contributed by atoms with E-state index in [-0.39, 0.29) is 33.0 Å². The van der Waals surface area contributed by atoms with E-state index >= 15 is 0 Å². The number of hydrogen-bond donors (Lipinski definition) is 0. The Hall–Kier alpha value is -0.630. The fourth-order valence-corrected chi connectivity index (χ4v) is 10.8. The Morgan fingerprint density at radius 2 is 1.48 bits per heavy atom. The molecule has 186 valence electrons. The molecule has 4 fully saturated rings. The molecule has 0 amide bonds. The molecule has 2 heteroatoms. The Balaban J connectivity index is 1.60. The van der Waals surface area contributed by atoms with Crippen LogP contribution in [0.5, 0.6) is 0 Å². The number of hydrogen-bond acceptors (Lipinski definition) is 2. The zero-order valence-corrected chi connectivity index (χ0v) is 23.1. The smallest absolute Gasteiger partial charge is 0.137 e. The Kier molecular flexibility index (Phi) is 5.10. The summed E-state index contributed by atoms with van der Waals surface area (Å²) in [5, 5.41) is 0. The van der Waals surface area contributed by atoms with Crippen LogP contribution in [0.4, 0.5) is 0 Å². The standard InChI is InChI=1S/C31H50O2/c1-26(2)14-15-28(5)16-17-30(7)20(21(28)19-26)18-22(32)25-29(6)12-11-24(33-9)27(3,4)23(29)10-13-31(25,30)8/h19-20,23-25H,10-18H2,1-9H3/t20-,23+,24+,25-,28-,29+,30-,31-/m1/s1. The molecule has 4 saturated carbocycles. The SMILES string of the molecule is CO[C@H]1CC[C@]2(C)[C@H]3C(=O)C[C@@H]4C5=CC(C)(C)CC[C@]5(C)CC[C@@]4(C)[C@]3(C)CC[C@H]2C1(C)C. The average Bonchev–Trinajstić information content (AvgIpc) is 2.70. The van der Waals surface area contributed by atoms with Crippen LogP contribution in [0.3, 0.4) is 0 Å². The maximum Gasteiger partial charge on any atom is 0.137 e. The summed E-state index contributed by atoms with van der Waals surface area (Å²) in [5.74, 6) is 1.79. The van der Waals surface area contributed by atoms with Crippen molar-refractivity contribution in [2.75, 3.05) is 7.11 Å². The lowest BCUT2D eigenvalue weighted by atomic mass is 9.32. The van der Waals surface area contributed by atoms with Gasteiger partial charge in [0.15, 0.2) is 0 Å². The molecule has 8 atom stereocenters. The largest absolute Gasteiger partial charge is 0.381 e. The highest BCUT2D eigenvalue weighted by atomic mass is 16.5. The predicted octanol–water partition coefficient (Wildman–Crippen LogP) is 8.00. The van der Waals surface area contributed by atoms with Crippen molar-refractivity contribution in [1.82, 2.24) is 0 Å². The van der Waals surface area contributed by atoms with Gasteiger partial charge >= 0.3 is 0 Å². The summed E-state index contributed by atoms with van der Waals surface area (Å²) in [6, 6.07) is 0. The molecular weight excluding hydrogens is 404 g/mol. The summed E-state index contributed by atoms with van der Waals surface area (Å²) in [6.07, 6.45) is 13.6. The van der Waals surface area contributed by atoms with Crippen LogP contribution in [0.25, 0.3) is 0 Å². The summed E-state index contributed by atoms with van der Waals surface area (Å²) >= 11 is 0. The lowest BCUT2D eigenvalue weighted by Crippen LogP contribution is -2.68. The number of ether oxygens (including phenoxy) is 1. The fraction of sp³-hybridized carbons (Fsp3) is 0.903. The highest BCUT2D eigenvalue weighted by Gasteiger charge is 2.71. The summed E-state index contributed by atoms with van der Waals surface area (Å²) in [7, 11) is 1.89. The van der Waals surface area contributed by atoms with Gasteiger partial charge in [-0.15, -0.1) is 0 Å². The topological polar surface area (TPSA) is 26.3 Å². The van der Waals surface area contributed by atoms with Gasteiger partial charge in [0.05, 0.1) is 6.10 Å². The molecule has 5 aliphatic carbocycles. The first kappa shape index (κ1) is 24.1. The summed E-state index contributed by atoms with van der Waals surface area (Å²) in [4.78, 5) is 14.3. The number of fused-ring (bicyclic) bond motifs is 7. The van der Waals surface area contributed by atoms with Crippen molar-refractivity contribution < 1.29 is 9.53 Å². The van der Waals surface area contributed by atoms with Crippen molar-refractivity contribution in [2.45, 2.75) is 119 Å². The molecule has 5 aliphatic rings. The van der Waals surface area contributed by atoms with Crippen molar-refractivity contribution in [1.29, 1.82) is 0 Å². The maximum absolute atomic E-state index is 14.3. The van der Waals surface area contributed by atoms with E-state index in [1.54, 1.807) is 5.57 Å². The Labute approximate surface area is 203 Å². The van der Waals surface area contributed by atoms with Gasteiger partial charge in [-0.05, 0) is 95.7 Å². The zero-order valence-electron chi connectivity index (χ0n) is 23.1. The minimum absolute atomic E-state index is 0.0948. The van der Waals surface area contributed by atoms with E-state index in [4.69, 9.17) is 4.74 Å². The number of carbonyl (C=O) groups excluding carboxylic acids is 1. The van der Waals surface area contributed by atoms with Crippen molar-refractivity contribution in [2.24, 2.45) is 50.2 Å². The van der Waals surface area contributed by atoms with Crippen LogP contribution in [0, 0.1) is 50.2 Å². The number of methoxy groups -OCH3 is 1. The van der Waals surface area contributed by atoms with Gasteiger partial charge in [-0.25, -0.2) is 0 Å². The first-order valence-corrected chi connectivity index (χ1v) is 13.9. The minimum Gasteiger partial charge on any atom is -0.381 e. The summed E-state index contributed by atoms with van der Waals surface area (Å²) in [6.45, 7) is 19.8. The average molecular weight is 455 g/mol. The third-order valence-corrected chi connectivity index (χ3v) is 12.9. The first-order valence-electron chi connectivity index (χ1n) is 13.9. The highest BCUT2D eigenvalue weighted by molar-refractivity contribution is 5.85. The lowest BCUT2D eigenvalue weighted by molar-refractivity contribution is -0.224. The van der Waals surface area contributed by atoms with E-state index in [0.717, 1.165) is 19.3 Å². The van der Waals surface area contributed by atoms with Gasteiger partial charge in [-0.1, -0.05) is 67.0 Å². The molecule has 0 aromatic heterocycles. The van der Waals surface area contributed by atoms with Crippen LogP contribution in [0.15, 0.2) is 11.6 Å². The zero-order chi connectivity index (χ0) is 24.2. The molecule has 0 N–H and O–H groups in total. The Morgan fingerprint density at radius 1 is 0.818 bits per heavy atom. The van der Waals surface area contributed by atoms with Crippen LogP contribution in [0.2, 0.25) is 0 Å². The number of allylic oxidation sites excluding steroid dienone is 2. The molecule has 0 aromatic carbocycles. The molecule has 0 spiro atoms. The number of Topliss-reactive ketones (excluding diaryl/α,β-unsaturated/α-hetero) is 1. The fourth-order valence-electron chi connectivity index (χ4n) is 10.8. The molecule has 5 rings (SSSR count). The quantitative estimate of drug-likeness (QED) is 0.375. The van der Waals surface area contributed by atoms with E-state index < -0.39 is 0 Å². The van der Waals surface area contributed by atoms with Crippen LogP contribution in [-0.4, -0.2) is 19.0 Å². The third kappa shape index (κ3) is 2.98. The van der Waals surface area contributed by atoms with E-state index in [1.807, 2.05) is 7.11 Å². The van der Waals surface area contributed by atoms with Gasteiger partial charge in [0.25, 0.3) is 0 Å². The second-order valence-corrected chi connectivity index (χ2v) is 15.3. The maximum atomic E-state index is 14.3. The first-order chi connectivity index (χ1) is 15.1. The molecule has 2 nitrogen and oxygen atoms in total. The van der Waals surface area contributed by atoms with E-state index in [0.29, 0.717) is 29.1 Å². The van der Waals surface area contributed by atoms with Gasteiger partial charge in [-0.2, -0.15) is 0 Å². The molecule has 0 unspecified atom stereocenters. The molecule has 0 heterocycles. The highest BCUT2D eigenvalue weighted by Crippen LogP contribution is 2.75. The van der Waals surface area contributed by atoms with Crippen molar-refractivity contribution in [3.63, 3.8) is 0 Å². The molecule has 0 bridgehead atoms.